The fourth-order valence-corrected chi connectivity index (χ4v) is 3.87. The number of nitrogens with zero attached hydrogens (tertiary/aromatic N) is 3. The first kappa shape index (κ1) is 22.0. The Labute approximate surface area is 179 Å². The molecule has 0 bridgehead atoms. The number of aliphatic hydroxyl groups is 1. The first-order chi connectivity index (χ1) is 14.8. The summed E-state index contributed by atoms with van der Waals surface area (Å²) in [4.78, 5) is 6.44. The summed E-state index contributed by atoms with van der Waals surface area (Å²) in [6, 6.07) is 11.0. The molecule has 5 nitrogen and oxygen atoms in total. The summed E-state index contributed by atoms with van der Waals surface area (Å²) in [5.74, 6) is 0.0179. The van der Waals surface area contributed by atoms with Crippen LogP contribution >= 0.6 is 10.2 Å². The first-order valence-corrected chi connectivity index (χ1v) is 11.4. The maximum atomic E-state index is 12.9. The second-order valence-corrected chi connectivity index (χ2v) is 9.76. The van der Waals surface area contributed by atoms with Crippen LogP contribution in [0.15, 0.2) is 72.0 Å². The number of fused-ring (bicyclic) bond motifs is 1. The summed E-state index contributed by atoms with van der Waals surface area (Å²) < 4.78 is 72.0. The highest BCUT2D eigenvalue weighted by Gasteiger charge is 2.65. The van der Waals surface area contributed by atoms with Crippen LogP contribution in [0.2, 0.25) is 0 Å². The minimum absolute atomic E-state index is 0.0734. The van der Waals surface area contributed by atoms with E-state index in [1.807, 2.05) is 6.07 Å². The number of hydrogen-bond donors (Lipinski definition) is 1. The highest BCUT2D eigenvalue weighted by Crippen LogP contribution is 3.02. The zero-order chi connectivity index (χ0) is 23.2. The topological polar surface area (TPSA) is 60.2 Å². The van der Waals surface area contributed by atoms with Crippen LogP contribution in [-0.4, -0.2) is 25.7 Å². The number of ether oxygens (including phenoxy) is 1. The van der Waals surface area contributed by atoms with Gasteiger partial charge in [-0.15, -0.1) is 0 Å². The van der Waals surface area contributed by atoms with Crippen LogP contribution in [-0.2, 0) is 6.54 Å². The lowest BCUT2D eigenvalue weighted by Crippen LogP contribution is -2.10. The number of hydrogen-bond acceptors (Lipinski definition) is 4. The van der Waals surface area contributed by atoms with Gasteiger partial charge in [0.25, 0.3) is 0 Å². The van der Waals surface area contributed by atoms with Crippen molar-refractivity contribution in [3.63, 3.8) is 0 Å². The van der Waals surface area contributed by atoms with Crippen molar-refractivity contribution >= 4 is 21.3 Å². The van der Waals surface area contributed by atoms with E-state index >= 15 is 0 Å². The van der Waals surface area contributed by atoms with E-state index in [4.69, 9.17) is 4.74 Å². The van der Waals surface area contributed by atoms with Crippen molar-refractivity contribution in [3.8, 4) is 22.8 Å². The standard InChI is InChI=1S/C21H18F5N3O2S/c1-14(30)12-29-13-28-19-9-4-15(11-20(19)29)18-3-2-10-27-21(18)31-16-5-7-17(8-6-16)32(22,23,24,25)26/h2-11,13-14,30H,12H2,1H3/t14-/m1/s1. The van der Waals surface area contributed by atoms with E-state index in [-0.39, 0.29) is 11.6 Å². The molecule has 0 fully saturated rings. The van der Waals surface area contributed by atoms with Gasteiger partial charge < -0.3 is 14.4 Å². The summed E-state index contributed by atoms with van der Waals surface area (Å²) in [5.41, 5.74) is 2.71. The van der Waals surface area contributed by atoms with Crippen LogP contribution in [0.3, 0.4) is 0 Å². The molecule has 2 heterocycles. The lowest BCUT2D eigenvalue weighted by molar-refractivity contribution is 0.175. The average Bonchev–Trinajstić information content (AvgIpc) is 3.08. The molecule has 2 aromatic heterocycles. The van der Waals surface area contributed by atoms with E-state index in [0.717, 1.165) is 17.6 Å². The number of aliphatic hydroxyl groups excluding tert-OH is 1. The van der Waals surface area contributed by atoms with E-state index in [1.54, 1.807) is 42.1 Å². The number of imidazole rings is 1. The van der Waals surface area contributed by atoms with Crippen LogP contribution in [0, 0.1) is 0 Å². The third kappa shape index (κ3) is 4.68. The van der Waals surface area contributed by atoms with E-state index < -0.39 is 21.2 Å². The van der Waals surface area contributed by atoms with E-state index in [9.17, 15) is 24.5 Å². The molecule has 11 heteroatoms. The molecule has 0 saturated heterocycles. The summed E-state index contributed by atoms with van der Waals surface area (Å²) in [6.07, 6.45) is 2.47. The molecule has 0 aliphatic carbocycles. The lowest BCUT2D eigenvalue weighted by Gasteiger charge is -2.40. The second kappa shape index (κ2) is 6.91. The fraction of sp³-hybridized carbons (Fsp3) is 0.143. The maximum absolute atomic E-state index is 12.9. The Bertz CT molecular complexity index is 1290. The van der Waals surface area contributed by atoms with Crippen LogP contribution in [0.25, 0.3) is 22.2 Å². The highest BCUT2D eigenvalue weighted by molar-refractivity contribution is 8.45. The van der Waals surface area contributed by atoms with Gasteiger partial charge in [-0.1, -0.05) is 25.5 Å². The van der Waals surface area contributed by atoms with Crippen molar-refractivity contribution in [3.05, 3.63) is 67.1 Å². The van der Waals surface area contributed by atoms with Gasteiger partial charge in [-0.3, -0.25) is 0 Å². The molecule has 1 N–H and O–H groups in total. The molecule has 170 valence electrons. The number of halogens is 5. The average molecular weight is 471 g/mol. The molecule has 0 radical (unpaired) electrons. The largest absolute Gasteiger partial charge is 0.438 e. The molecule has 0 unspecified atom stereocenters. The van der Waals surface area contributed by atoms with Gasteiger partial charge in [-0.05, 0) is 61.0 Å². The Morgan fingerprint density at radius 2 is 1.72 bits per heavy atom. The number of benzene rings is 2. The SMILES string of the molecule is C[C@@H](O)Cn1cnc2ccc(-c3cccnc3Oc3ccc(S(F)(F)(F)(F)F)cc3)cc21. The van der Waals surface area contributed by atoms with Gasteiger partial charge in [0, 0.05) is 18.3 Å². The summed E-state index contributed by atoms with van der Waals surface area (Å²) >= 11 is 0. The minimum Gasteiger partial charge on any atom is -0.438 e. The summed E-state index contributed by atoms with van der Waals surface area (Å²) in [5, 5.41) is 9.69. The van der Waals surface area contributed by atoms with Crippen molar-refractivity contribution in [1.29, 1.82) is 0 Å². The lowest BCUT2D eigenvalue weighted by atomic mass is 10.1. The van der Waals surface area contributed by atoms with Gasteiger partial charge >= 0.3 is 10.2 Å². The molecule has 0 amide bonds. The van der Waals surface area contributed by atoms with Crippen LogP contribution in [0.1, 0.15) is 6.92 Å². The third-order valence-electron chi connectivity index (χ3n) is 4.65. The maximum Gasteiger partial charge on any atom is 0.310 e. The molecule has 0 aliphatic rings. The van der Waals surface area contributed by atoms with Crippen LogP contribution in [0.4, 0.5) is 19.4 Å². The second-order valence-electron chi connectivity index (χ2n) is 7.35. The quantitative estimate of drug-likeness (QED) is 0.310. The van der Waals surface area contributed by atoms with E-state index in [2.05, 4.69) is 9.97 Å². The Kier molecular flexibility index (Phi) is 4.76. The monoisotopic (exact) mass is 471 g/mol. The van der Waals surface area contributed by atoms with Crippen molar-refractivity contribution in [2.75, 3.05) is 0 Å². The van der Waals surface area contributed by atoms with Gasteiger partial charge in [0.1, 0.15) is 10.6 Å². The molecule has 32 heavy (non-hydrogen) atoms. The zero-order valence-corrected chi connectivity index (χ0v) is 17.4. The molecule has 0 aliphatic heterocycles. The van der Waals surface area contributed by atoms with Crippen molar-refractivity contribution < 1.29 is 29.3 Å². The summed E-state index contributed by atoms with van der Waals surface area (Å²) in [6.45, 7) is 2.00. The predicted molar refractivity (Wildman–Crippen MR) is 113 cm³/mol. The Balaban J connectivity index is 1.68. The van der Waals surface area contributed by atoms with Crippen LogP contribution in [0.5, 0.6) is 11.6 Å². The number of pyridine rings is 1. The predicted octanol–water partition coefficient (Wildman–Crippen LogP) is 6.93. The smallest absolute Gasteiger partial charge is 0.310 e. The van der Waals surface area contributed by atoms with Gasteiger partial charge in [-0.25, -0.2) is 9.97 Å². The molecular weight excluding hydrogens is 453 g/mol. The highest BCUT2D eigenvalue weighted by atomic mass is 32.5. The Hall–Kier alpha value is -3.18. The van der Waals surface area contributed by atoms with E-state index in [0.29, 0.717) is 35.3 Å². The molecule has 4 rings (SSSR count). The fourth-order valence-electron chi connectivity index (χ4n) is 3.22. The summed E-state index contributed by atoms with van der Waals surface area (Å²) in [7, 11) is -9.76. The molecular formula is C21H18F5N3O2S. The molecule has 4 aromatic rings. The molecule has 0 spiro atoms. The van der Waals surface area contributed by atoms with Gasteiger partial charge in [-0.2, -0.15) is 0 Å². The van der Waals surface area contributed by atoms with Gasteiger partial charge in [0.2, 0.25) is 5.88 Å². The third-order valence-corrected chi connectivity index (χ3v) is 5.81. The number of rotatable bonds is 6. The number of aromatic nitrogens is 3. The Morgan fingerprint density at radius 1 is 1.00 bits per heavy atom. The normalized spacial score (nSPS) is 15.2. The van der Waals surface area contributed by atoms with Gasteiger partial charge in [0.05, 0.1) is 23.5 Å². The van der Waals surface area contributed by atoms with Crippen LogP contribution < -0.4 is 4.74 Å². The van der Waals surface area contributed by atoms with Crippen molar-refractivity contribution in [2.24, 2.45) is 0 Å². The first-order valence-electron chi connectivity index (χ1n) is 9.40. The zero-order valence-electron chi connectivity index (χ0n) is 16.6. The van der Waals surface area contributed by atoms with Gasteiger partial charge in [0.15, 0.2) is 0 Å². The Morgan fingerprint density at radius 3 is 2.38 bits per heavy atom. The molecule has 2 aromatic carbocycles. The van der Waals surface area contributed by atoms with Crippen molar-refractivity contribution in [1.82, 2.24) is 14.5 Å². The molecule has 1 atom stereocenters. The van der Waals surface area contributed by atoms with E-state index in [1.165, 1.54) is 6.20 Å². The molecule has 0 saturated carbocycles. The minimum atomic E-state index is -9.76. The van der Waals surface area contributed by atoms with Crippen molar-refractivity contribution in [2.45, 2.75) is 24.5 Å².